The highest BCUT2D eigenvalue weighted by atomic mass is 32.1. The van der Waals surface area contributed by atoms with Gasteiger partial charge in [-0.05, 0) is 6.42 Å². The molecule has 4 heteroatoms. The molecule has 0 aliphatic heterocycles. The molecule has 12 heavy (non-hydrogen) atoms. The topological polar surface area (TPSA) is 41.6 Å². The van der Waals surface area contributed by atoms with Gasteiger partial charge >= 0.3 is 0 Å². The molecular weight excluding hydrogens is 170 g/mol. The Kier molecular flexibility index (Phi) is 4.14. The summed E-state index contributed by atoms with van der Waals surface area (Å²) >= 11 is 5.25. The lowest BCUT2D eigenvalue weighted by atomic mass is 10.1. The van der Waals surface area contributed by atoms with Gasteiger partial charge in [-0.25, -0.2) is 0 Å². The van der Waals surface area contributed by atoms with Gasteiger partial charge in [0.15, 0.2) is 0 Å². The third kappa shape index (κ3) is 2.85. The van der Waals surface area contributed by atoms with Crippen LogP contribution in [0.4, 0.5) is 0 Å². The van der Waals surface area contributed by atoms with Crippen molar-refractivity contribution in [3.63, 3.8) is 0 Å². The van der Waals surface area contributed by atoms with Crippen LogP contribution in [0.3, 0.4) is 0 Å². The number of unbranched alkanes of at least 4 members (excludes halogenated alkanes) is 2. The quantitative estimate of drug-likeness (QED) is 0.715. The zero-order valence-corrected chi connectivity index (χ0v) is 8.10. The number of hydrogen-bond donors (Lipinski definition) is 1. The fourth-order valence-electron chi connectivity index (χ4n) is 1.10. The Bertz CT molecular complexity index is 198. The maximum Gasteiger partial charge on any atom is 0.0962 e. The van der Waals surface area contributed by atoms with Crippen LogP contribution in [0, 0.1) is 0 Å². The molecule has 0 saturated heterocycles. The first kappa shape index (κ1) is 9.58. The van der Waals surface area contributed by atoms with Crippen molar-refractivity contribution >= 4 is 12.6 Å². The number of H-pyrrole nitrogens is 1. The normalized spacial score (nSPS) is 13.2. The summed E-state index contributed by atoms with van der Waals surface area (Å²) in [4.78, 5) is 0. The molecule has 1 N–H and O–H groups in total. The van der Waals surface area contributed by atoms with Crippen molar-refractivity contribution in [3.05, 3.63) is 11.9 Å². The van der Waals surface area contributed by atoms with Crippen molar-refractivity contribution in [2.24, 2.45) is 0 Å². The third-order valence-corrected chi connectivity index (χ3v) is 2.31. The minimum absolute atomic E-state index is 0.135. The van der Waals surface area contributed by atoms with Crippen LogP contribution in [0.25, 0.3) is 0 Å². The van der Waals surface area contributed by atoms with E-state index >= 15 is 0 Å². The number of nitrogens with one attached hydrogen (secondary N) is 1. The fraction of sp³-hybridized carbons (Fsp3) is 0.750. The lowest BCUT2D eigenvalue weighted by molar-refractivity contribution is 0.653. The van der Waals surface area contributed by atoms with E-state index in [1.54, 1.807) is 6.20 Å². The zero-order chi connectivity index (χ0) is 8.81. The predicted molar refractivity (Wildman–Crippen MR) is 50.9 cm³/mol. The van der Waals surface area contributed by atoms with E-state index in [4.69, 9.17) is 12.6 Å². The summed E-state index contributed by atoms with van der Waals surface area (Å²) in [5.74, 6) is 0. The maximum absolute atomic E-state index is 5.25. The highest BCUT2D eigenvalue weighted by Crippen LogP contribution is 2.23. The molecule has 0 aliphatic carbocycles. The van der Waals surface area contributed by atoms with E-state index in [0.717, 1.165) is 12.1 Å². The second-order valence-corrected chi connectivity index (χ2v) is 3.45. The molecule has 1 aromatic heterocycles. The van der Waals surface area contributed by atoms with Crippen molar-refractivity contribution in [2.75, 3.05) is 0 Å². The minimum Gasteiger partial charge on any atom is -0.265 e. The lowest BCUT2D eigenvalue weighted by Gasteiger charge is -2.03. The van der Waals surface area contributed by atoms with Crippen molar-refractivity contribution in [1.82, 2.24) is 15.4 Å². The highest BCUT2D eigenvalue weighted by Gasteiger charge is 2.08. The molecule has 0 amide bonds. The number of nitrogens with zero attached hydrogens (tertiary/aromatic N) is 2. The van der Waals surface area contributed by atoms with Gasteiger partial charge < -0.3 is 0 Å². The molecule has 1 unspecified atom stereocenters. The lowest BCUT2D eigenvalue weighted by Crippen LogP contribution is -1.91. The van der Waals surface area contributed by atoms with Crippen LogP contribution in [-0.4, -0.2) is 15.4 Å². The molecule has 0 fully saturated rings. The van der Waals surface area contributed by atoms with Gasteiger partial charge in [0.2, 0.25) is 0 Å². The van der Waals surface area contributed by atoms with Crippen LogP contribution in [0.1, 0.15) is 43.6 Å². The summed E-state index contributed by atoms with van der Waals surface area (Å²) in [6.07, 6.45) is 6.50. The standard InChI is InChI=1S/C8H14N3S/c1-2-3-4-5-8(12)7-6-9-11-10-7/h6,8H,2-5H2,1H3,(H,9,10,11). The van der Waals surface area contributed by atoms with Crippen LogP contribution >= 0.6 is 12.6 Å². The Balaban J connectivity index is 2.25. The average Bonchev–Trinajstić information content (AvgIpc) is 2.56. The molecule has 67 valence electrons. The first-order chi connectivity index (χ1) is 5.84. The van der Waals surface area contributed by atoms with Crippen LogP contribution < -0.4 is 0 Å². The molecule has 3 nitrogen and oxygen atoms in total. The molecule has 1 rings (SSSR count). The summed E-state index contributed by atoms with van der Waals surface area (Å²) in [6, 6.07) is 0. The molecule has 0 saturated carbocycles. The van der Waals surface area contributed by atoms with E-state index < -0.39 is 0 Å². The molecule has 1 atom stereocenters. The minimum atomic E-state index is 0.135. The number of aromatic amines is 1. The van der Waals surface area contributed by atoms with E-state index in [0.29, 0.717) is 0 Å². The number of hydrogen-bond acceptors (Lipinski definition) is 2. The molecular formula is C8H14N3S. The van der Waals surface area contributed by atoms with E-state index in [-0.39, 0.29) is 5.25 Å². The van der Waals surface area contributed by atoms with E-state index in [1.165, 1.54) is 19.3 Å². The summed E-state index contributed by atoms with van der Waals surface area (Å²) in [5, 5.41) is 10.3. The first-order valence-electron chi connectivity index (χ1n) is 4.36. The Morgan fingerprint density at radius 1 is 1.58 bits per heavy atom. The van der Waals surface area contributed by atoms with Crippen LogP contribution in [0.15, 0.2) is 6.20 Å². The monoisotopic (exact) mass is 184 g/mol. The van der Waals surface area contributed by atoms with Crippen LogP contribution in [0.2, 0.25) is 0 Å². The van der Waals surface area contributed by atoms with E-state index in [1.807, 2.05) is 0 Å². The zero-order valence-electron chi connectivity index (χ0n) is 7.29. The number of rotatable bonds is 5. The molecule has 0 bridgehead atoms. The molecule has 1 aromatic rings. The van der Waals surface area contributed by atoms with Gasteiger partial charge in [0, 0.05) is 6.20 Å². The summed E-state index contributed by atoms with van der Waals surface area (Å²) in [6.45, 7) is 2.19. The largest absolute Gasteiger partial charge is 0.265 e. The highest BCUT2D eigenvalue weighted by molar-refractivity contribution is 7.80. The van der Waals surface area contributed by atoms with Crippen molar-refractivity contribution in [2.45, 2.75) is 37.9 Å². The molecule has 0 aromatic carbocycles. The summed E-state index contributed by atoms with van der Waals surface area (Å²) in [7, 11) is 0. The SMILES string of the molecule is CCCCCC([S])c1c[nH]nn1. The van der Waals surface area contributed by atoms with E-state index in [9.17, 15) is 0 Å². The smallest absolute Gasteiger partial charge is 0.0962 e. The van der Waals surface area contributed by atoms with Gasteiger partial charge in [-0.1, -0.05) is 44.0 Å². The van der Waals surface area contributed by atoms with Crippen molar-refractivity contribution in [3.8, 4) is 0 Å². The Hall–Kier alpha value is -0.510. The first-order valence-corrected chi connectivity index (χ1v) is 4.84. The van der Waals surface area contributed by atoms with Gasteiger partial charge in [-0.15, -0.1) is 5.10 Å². The average molecular weight is 184 g/mol. The van der Waals surface area contributed by atoms with Crippen molar-refractivity contribution in [1.29, 1.82) is 0 Å². The van der Waals surface area contributed by atoms with Crippen molar-refractivity contribution < 1.29 is 0 Å². The van der Waals surface area contributed by atoms with Gasteiger partial charge in [0.05, 0.1) is 10.9 Å². The van der Waals surface area contributed by atoms with Gasteiger partial charge in [-0.2, -0.15) is 0 Å². The molecule has 0 spiro atoms. The third-order valence-electron chi connectivity index (χ3n) is 1.84. The summed E-state index contributed by atoms with van der Waals surface area (Å²) < 4.78 is 0. The predicted octanol–water partition coefficient (Wildman–Crippen LogP) is 2.62. The fourth-order valence-corrected chi connectivity index (χ4v) is 1.38. The van der Waals surface area contributed by atoms with Gasteiger partial charge in [-0.3, -0.25) is 5.10 Å². The second kappa shape index (κ2) is 5.19. The molecule has 1 heterocycles. The Morgan fingerprint density at radius 2 is 2.42 bits per heavy atom. The molecule has 1 radical (unpaired) electrons. The maximum atomic E-state index is 5.25. The van der Waals surface area contributed by atoms with Gasteiger partial charge in [0.25, 0.3) is 0 Å². The van der Waals surface area contributed by atoms with E-state index in [2.05, 4.69) is 22.3 Å². The Labute approximate surface area is 78.4 Å². The second-order valence-electron chi connectivity index (χ2n) is 2.88. The van der Waals surface area contributed by atoms with Gasteiger partial charge in [0.1, 0.15) is 0 Å². The number of aromatic nitrogens is 3. The Morgan fingerprint density at radius 3 is 3.00 bits per heavy atom. The molecule has 0 aliphatic rings. The summed E-state index contributed by atoms with van der Waals surface area (Å²) in [5.41, 5.74) is 0.904. The van der Waals surface area contributed by atoms with Crippen LogP contribution in [-0.2, 0) is 0 Å². The van der Waals surface area contributed by atoms with Crippen LogP contribution in [0.5, 0.6) is 0 Å².